The second-order valence-corrected chi connectivity index (χ2v) is 12.0. The van der Waals surface area contributed by atoms with Crippen molar-refractivity contribution in [2.75, 3.05) is 0 Å². The maximum Gasteiger partial charge on any atom is 0.240 e. The van der Waals surface area contributed by atoms with Crippen molar-refractivity contribution in [1.29, 1.82) is 0 Å². The van der Waals surface area contributed by atoms with Crippen molar-refractivity contribution in [3.05, 3.63) is 57.5 Å². The molecule has 2 aliphatic heterocycles. The topological polar surface area (TPSA) is 64.6 Å². The largest absolute Gasteiger partial charge is 0.487 e. The highest BCUT2D eigenvalue weighted by Crippen LogP contribution is 2.55. The van der Waals surface area contributed by atoms with Gasteiger partial charge in [-0.05, 0) is 62.1 Å². The second kappa shape index (κ2) is 8.34. The summed E-state index contributed by atoms with van der Waals surface area (Å²) >= 11 is 9.77. The van der Waals surface area contributed by atoms with Gasteiger partial charge in [0.05, 0.1) is 10.5 Å². The molecule has 0 unspecified atom stereocenters. The van der Waals surface area contributed by atoms with E-state index in [9.17, 15) is 8.42 Å². The highest BCUT2D eigenvalue weighted by atomic mass is 79.9. The summed E-state index contributed by atoms with van der Waals surface area (Å²) in [6.07, 6.45) is 2.69. The van der Waals surface area contributed by atoms with Crippen molar-refractivity contribution in [3.8, 4) is 5.75 Å². The summed E-state index contributed by atoms with van der Waals surface area (Å²) in [7, 11) is -3.69. The molecule has 0 radical (unpaired) electrons. The van der Waals surface area contributed by atoms with Crippen molar-refractivity contribution >= 4 is 37.6 Å². The van der Waals surface area contributed by atoms with E-state index >= 15 is 0 Å². The molecule has 8 heteroatoms. The minimum Gasteiger partial charge on any atom is -0.487 e. The van der Waals surface area contributed by atoms with Crippen LogP contribution in [-0.2, 0) is 21.3 Å². The van der Waals surface area contributed by atoms with Crippen LogP contribution >= 0.6 is 27.5 Å². The van der Waals surface area contributed by atoms with Gasteiger partial charge in [0.1, 0.15) is 17.5 Å². The van der Waals surface area contributed by atoms with E-state index in [4.69, 9.17) is 21.1 Å². The fourth-order valence-electron chi connectivity index (χ4n) is 4.57. The van der Waals surface area contributed by atoms with E-state index in [1.807, 2.05) is 12.1 Å². The summed E-state index contributed by atoms with van der Waals surface area (Å²) < 4.78 is 41.8. The first-order valence-electron chi connectivity index (χ1n) is 10.4. The lowest BCUT2D eigenvalue weighted by Gasteiger charge is -2.32. The highest BCUT2D eigenvalue weighted by molar-refractivity contribution is 9.10. The Morgan fingerprint density at radius 3 is 2.58 bits per heavy atom. The lowest BCUT2D eigenvalue weighted by Crippen LogP contribution is -2.40. The predicted octanol–water partition coefficient (Wildman–Crippen LogP) is 5.70. The van der Waals surface area contributed by atoms with Gasteiger partial charge in [0, 0.05) is 28.0 Å². The Morgan fingerprint density at radius 1 is 1.23 bits per heavy atom. The number of nitrogens with one attached hydrogen (secondary N) is 1. The van der Waals surface area contributed by atoms with Crippen LogP contribution in [0.15, 0.2) is 51.8 Å². The Morgan fingerprint density at radius 2 is 1.94 bits per heavy atom. The van der Waals surface area contributed by atoms with Gasteiger partial charge in [0.25, 0.3) is 0 Å². The summed E-state index contributed by atoms with van der Waals surface area (Å²) in [5.41, 5.74) is 0.122. The van der Waals surface area contributed by atoms with Gasteiger partial charge in [-0.25, -0.2) is 13.1 Å². The highest BCUT2D eigenvalue weighted by Gasteiger charge is 2.61. The van der Waals surface area contributed by atoms with E-state index in [0.717, 1.165) is 23.7 Å². The van der Waals surface area contributed by atoms with Gasteiger partial charge in [-0.3, -0.25) is 0 Å². The minimum atomic E-state index is -3.69. The molecular weight excluding hydrogens is 502 g/mol. The predicted molar refractivity (Wildman–Crippen MR) is 125 cm³/mol. The maximum atomic E-state index is 12.7. The van der Waals surface area contributed by atoms with Gasteiger partial charge in [0.15, 0.2) is 0 Å². The molecule has 2 aliphatic rings. The molecule has 2 heterocycles. The van der Waals surface area contributed by atoms with Crippen LogP contribution < -0.4 is 9.46 Å². The van der Waals surface area contributed by atoms with E-state index in [1.165, 1.54) is 0 Å². The first-order valence-corrected chi connectivity index (χ1v) is 13.1. The molecule has 2 aromatic carbocycles. The molecule has 2 fully saturated rings. The molecule has 0 amide bonds. The molecule has 31 heavy (non-hydrogen) atoms. The Bertz CT molecular complexity index is 1080. The molecule has 0 aliphatic carbocycles. The number of hydrogen-bond donors (Lipinski definition) is 1. The lowest BCUT2D eigenvalue weighted by atomic mass is 9.75. The fourth-order valence-corrected chi connectivity index (χ4v) is 6.07. The Hall–Kier alpha value is -1.12. The third kappa shape index (κ3) is 4.40. The summed E-state index contributed by atoms with van der Waals surface area (Å²) in [5, 5.41) is 0.462. The summed E-state index contributed by atoms with van der Waals surface area (Å²) in [4.78, 5) is 0.193. The van der Waals surface area contributed by atoms with Gasteiger partial charge >= 0.3 is 0 Å². The van der Waals surface area contributed by atoms with Gasteiger partial charge < -0.3 is 9.47 Å². The molecule has 1 N–H and O–H groups in total. The zero-order chi connectivity index (χ0) is 22.4. The molecule has 4 rings (SSSR count). The van der Waals surface area contributed by atoms with E-state index in [1.54, 1.807) is 30.3 Å². The standard InChI is InChI=1S/C23H27BrClNO4S/c1-15(2)23-12-11-22(3,30-23)21(13-23)29-20-6-4-5-19(25)18(20)14-26-31(27,28)17-9-7-16(24)8-10-17/h4-10,15,21,26H,11-14H2,1-3H3/t21-,22-,23+/m0/s1. The number of rotatable bonds is 7. The van der Waals surface area contributed by atoms with Crippen LogP contribution in [0.3, 0.4) is 0 Å². The van der Waals surface area contributed by atoms with Gasteiger partial charge in [-0.15, -0.1) is 0 Å². The quantitative estimate of drug-likeness (QED) is 0.501. The normalized spacial score (nSPS) is 27.7. The Labute approximate surface area is 197 Å². The van der Waals surface area contributed by atoms with Crippen LogP contribution in [0, 0.1) is 5.92 Å². The van der Waals surface area contributed by atoms with Gasteiger partial charge in [-0.2, -0.15) is 0 Å². The van der Waals surface area contributed by atoms with Crippen LogP contribution in [0.5, 0.6) is 5.75 Å². The lowest BCUT2D eigenvalue weighted by molar-refractivity contribution is -0.0770. The molecule has 0 spiro atoms. The molecular formula is C23H27BrClNO4S. The molecule has 168 valence electrons. The summed E-state index contributed by atoms with van der Waals surface area (Å²) in [6, 6.07) is 11.9. The molecule has 2 aromatic rings. The SMILES string of the molecule is CC(C)[C@]12CC[C@](C)(O1)[C@@H](Oc1cccc(Cl)c1CNS(=O)(=O)c1ccc(Br)cc1)C2. The molecule has 2 bridgehead atoms. The van der Waals surface area contributed by atoms with Crippen LogP contribution in [0.25, 0.3) is 0 Å². The summed E-state index contributed by atoms with van der Waals surface area (Å²) in [6.45, 7) is 6.52. The molecule has 0 aromatic heterocycles. The molecule has 2 saturated heterocycles. The maximum absolute atomic E-state index is 12.7. The Balaban J connectivity index is 1.54. The fraction of sp³-hybridized carbons (Fsp3) is 0.478. The number of benzene rings is 2. The molecule has 0 saturated carbocycles. The van der Waals surface area contributed by atoms with E-state index in [-0.39, 0.29) is 28.7 Å². The van der Waals surface area contributed by atoms with Crippen LogP contribution in [0.4, 0.5) is 0 Å². The Kier molecular flexibility index (Phi) is 6.20. The van der Waals surface area contributed by atoms with Gasteiger partial charge in [-0.1, -0.05) is 47.4 Å². The number of ether oxygens (including phenoxy) is 2. The smallest absolute Gasteiger partial charge is 0.240 e. The van der Waals surface area contributed by atoms with Crippen LogP contribution in [0.1, 0.15) is 45.6 Å². The number of hydrogen-bond acceptors (Lipinski definition) is 4. The number of halogens is 2. The third-order valence-corrected chi connectivity index (χ3v) is 8.95. The van der Waals surface area contributed by atoms with E-state index in [2.05, 4.69) is 41.4 Å². The van der Waals surface area contributed by atoms with Crippen molar-refractivity contribution < 1.29 is 17.9 Å². The van der Waals surface area contributed by atoms with E-state index in [0.29, 0.717) is 22.3 Å². The third-order valence-electron chi connectivity index (χ3n) is 6.65. The zero-order valence-corrected chi connectivity index (χ0v) is 21.0. The average molecular weight is 529 g/mol. The first kappa shape index (κ1) is 23.1. The van der Waals surface area contributed by atoms with Crippen molar-refractivity contribution in [1.82, 2.24) is 4.72 Å². The second-order valence-electron chi connectivity index (χ2n) is 8.94. The molecule has 3 atom stereocenters. The zero-order valence-electron chi connectivity index (χ0n) is 17.8. The number of fused-ring (bicyclic) bond motifs is 2. The minimum absolute atomic E-state index is 0.0347. The van der Waals surface area contributed by atoms with E-state index < -0.39 is 10.0 Å². The van der Waals surface area contributed by atoms with Crippen molar-refractivity contribution in [3.63, 3.8) is 0 Å². The van der Waals surface area contributed by atoms with Crippen LogP contribution in [-0.4, -0.2) is 25.7 Å². The molecule has 5 nitrogen and oxygen atoms in total. The van der Waals surface area contributed by atoms with Crippen molar-refractivity contribution in [2.45, 2.75) is 68.8 Å². The van der Waals surface area contributed by atoms with Crippen molar-refractivity contribution in [2.24, 2.45) is 5.92 Å². The first-order chi connectivity index (χ1) is 14.5. The van der Waals surface area contributed by atoms with Crippen LogP contribution in [0.2, 0.25) is 5.02 Å². The monoisotopic (exact) mass is 527 g/mol. The van der Waals surface area contributed by atoms with Gasteiger partial charge in [0.2, 0.25) is 10.0 Å². The average Bonchev–Trinajstić information content (AvgIpc) is 3.20. The number of sulfonamides is 1. The summed E-state index contributed by atoms with van der Waals surface area (Å²) in [5.74, 6) is 0.992.